The third kappa shape index (κ3) is 3.81. The van der Waals surface area contributed by atoms with Gasteiger partial charge in [-0.1, -0.05) is 18.2 Å². The largest absolute Gasteiger partial charge is 0.323 e. The van der Waals surface area contributed by atoms with Gasteiger partial charge in [0.15, 0.2) is 5.13 Å². The second kappa shape index (κ2) is 7.29. The van der Waals surface area contributed by atoms with Crippen molar-refractivity contribution in [2.75, 3.05) is 5.32 Å². The van der Waals surface area contributed by atoms with Gasteiger partial charge in [0.2, 0.25) is 5.91 Å². The first-order valence-corrected chi connectivity index (χ1v) is 8.17. The number of nitrogens with one attached hydrogen (secondary N) is 1. The van der Waals surface area contributed by atoms with E-state index in [1.807, 2.05) is 17.5 Å². The fourth-order valence-electron chi connectivity index (χ4n) is 2.24. The lowest BCUT2D eigenvalue weighted by Gasteiger charge is -2.12. The van der Waals surface area contributed by atoms with E-state index in [-0.39, 0.29) is 12.3 Å². The molecule has 5 nitrogen and oxygen atoms in total. The molecule has 2 heterocycles. The van der Waals surface area contributed by atoms with Crippen molar-refractivity contribution >= 4 is 22.4 Å². The van der Waals surface area contributed by atoms with Crippen LogP contribution in [0.1, 0.15) is 18.0 Å². The zero-order valence-corrected chi connectivity index (χ0v) is 13.5. The van der Waals surface area contributed by atoms with Gasteiger partial charge < -0.3 is 11.1 Å². The maximum Gasteiger partial charge on any atom is 0.228 e. The number of anilines is 1. The Morgan fingerprint density at radius 2 is 2.00 bits per heavy atom. The van der Waals surface area contributed by atoms with Crippen molar-refractivity contribution in [1.29, 1.82) is 0 Å². The van der Waals surface area contributed by atoms with Crippen LogP contribution in [-0.2, 0) is 4.79 Å². The van der Waals surface area contributed by atoms with Gasteiger partial charge in [-0.3, -0.25) is 9.78 Å². The summed E-state index contributed by atoms with van der Waals surface area (Å²) >= 11 is 1.32. The average Bonchev–Trinajstić information content (AvgIpc) is 3.04. The molecule has 3 N–H and O–H groups in total. The number of nitrogens with two attached hydrogens (primary N) is 1. The first kappa shape index (κ1) is 16.2. The number of nitrogens with zero attached hydrogens (tertiary/aromatic N) is 2. The van der Waals surface area contributed by atoms with Crippen molar-refractivity contribution in [3.63, 3.8) is 0 Å². The minimum Gasteiger partial charge on any atom is -0.323 e. The molecule has 1 unspecified atom stereocenters. The Kier molecular flexibility index (Phi) is 4.93. The van der Waals surface area contributed by atoms with Crippen molar-refractivity contribution in [1.82, 2.24) is 9.97 Å². The van der Waals surface area contributed by atoms with E-state index in [0.29, 0.717) is 10.7 Å². The van der Waals surface area contributed by atoms with Crippen LogP contribution < -0.4 is 11.1 Å². The lowest BCUT2D eigenvalue weighted by Crippen LogP contribution is -2.21. The Labute approximate surface area is 142 Å². The fraction of sp³-hybridized carbons (Fsp3) is 0.118. The van der Waals surface area contributed by atoms with Gasteiger partial charge in [0.1, 0.15) is 5.82 Å². The number of carbonyl (C=O) groups is 1. The van der Waals surface area contributed by atoms with E-state index in [1.165, 1.54) is 17.4 Å². The van der Waals surface area contributed by atoms with Crippen LogP contribution in [0.5, 0.6) is 0 Å². The van der Waals surface area contributed by atoms with Crippen molar-refractivity contribution in [2.45, 2.75) is 12.5 Å². The van der Waals surface area contributed by atoms with Gasteiger partial charge in [-0.05, 0) is 18.2 Å². The standard InChI is InChI=1S/C17H15FN4OS/c18-13-4-2-1-3-12(13)14(19)9-16(23)22-17-21-15(10-24-17)11-5-7-20-8-6-11/h1-8,10,14H,9,19H2,(H,21,22,23). The minimum atomic E-state index is -0.703. The molecule has 0 spiro atoms. The van der Waals surface area contributed by atoms with Gasteiger partial charge in [0, 0.05) is 41.4 Å². The van der Waals surface area contributed by atoms with Gasteiger partial charge in [-0.15, -0.1) is 11.3 Å². The first-order chi connectivity index (χ1) is 11.6. The summed E-state index contributed by atoms with van der Waals surface area (Å²) in [5.41, 5.74) is 7.93. The molecule has 0 aliphatic rings. The topological polar surface area (TPSA) is 80.9 Å². The highest BCUT2D eigenvalue weighted by molar-refractivity contribution is 7.14. The minimum absolute atomic E-state index is 0.0227. The summed E-state index contributed by atoms with van der Waals surface area (Å²) in [6, 6.07) is 9.17. The number of hydrogen-bond acceptors (Lipinski definition) is 5. The van der Waals surface area contributed by atoms with Crippen LogP contribution in [-0.4, -0.2) is 15.9 Å². The molecule has 0 bridgehead atoms. The van der Waals surface area contributed by atoms with Crippen molar-refractivity contribution in [2.24, 2.45) is 5.73 Å². The number of thiazole rings is 1. The molecule has 0 radical (unpaired) electrons. The molecule has 2 aromatic heterocycles. The number of hydrogen-bond donors (Lipinski definition) is 2. The van der Waals surface area contributed by atoms with Crippen LogP contribution in [0.4, 0.5) is 9.52 Å². The number of amides is 1. The van der Waals surface area contributed by atoms with Gasteiger partial charge in [-0.25, -0.2) is 9.37 Å². The number of carbonyl (C=O) groups excluding carboxylic acids is 1. The molecular weight excluding hydrogens is 327 g/mol. The molecule has 0 aliphatic carbocycles. The molecule has 3 aromatic rings. The zero-order chi connectivity index (χ0) is 16.9. The summed E-state index contributed by atoms with van der Waals surface area (Å²) in [6.07, 6.45) is 3.34. The average molecular weight is 342 g/mol. The van der Waals surface area contributed by atoms with E-state index >= 15 is 0 Å². The molecule has 1 aromatic carbocycles. The van der Waals surface area contributed by atoms with Gasteiger partial charge in [-0.2, -0.15) is 0 Å². The summed E-state index contributed by atoms with van der Waals surface area (Å²) in [5.74, 6) is -0.714. The van der Waals surface area contributed by atoms with E-state index in [2.05, 4.69) is 15.3 Å². The molecule has 0 fully saturated rings. The first-order valence-electron chi connectivity index (χ1n) is 7.29. The maximum absolute atomic E-state index is 13.7. The second-order valence-electron chi connectivity index (χ2n) is 5.15. The molecule has 1 amide bonds. The molecular formula is C17H15FN4OS. The van der Waals surface area contributed by atoms with Crippen molar-refractivity contribution in [3.05, 3.63) is 65.6 Å². The Morgan fingerprint density at radius 3 is 2.75 bits per heavy atom. The summed E-state index contributed by atoms with van der Waals surface area (Å²) in [4.78, 5) is 20.4. The number of pyridine rings is 1. The number of aromatic nitrogens is 2. The lowest BCUT2D eigenvalue weighted by atomic mass is 10.0. The molecule has 24 heavy (non-hydrogen) atoms. The summed E-state index contributed by atoms with van der Waals surface area (Å²) < 4.78 is 13.7. The normalized spacial score (nSPS) is 11.9. The van der Waals surface area contributed by atoms with Crippen LogP contribution in [0.25, 0.3) is 11.3 Å². The molecule has 3 rings (SSSR count). The number of rotatable bonds is 5. The SMILES string of the molecule is NC(CC(=O)Nc1nc(-c2ccncc2)cs1)c1ccccc1F. The Balaban J connectivity index is 1.63. The third-order valence-corrected chi connectivity index (χ3v) is 4.19. The highest BCUT2D eigenvalue weighted by Gasteiger charge is 2.16. The summed E-state index contributed by atoms with van der Waals surface area (Å²) in [7, 11) is 0. The lowest BCUT2D eigenvalue weighted by molar-refractivity contribution is -0.116. The van der Waals surface area contributed by atoms with Gasteiger partial charge in [0.25, 0.3) is 0 Å². The second-order valence-corrected chi connectivity index (χ2v) is 6.01. The predicted molar refractivity (Wildman–Crippen MR) is 91.9 cm³/mol. The van der Waals surface area contributed by atoms with E-state index < -0.39 is 11.9 Å². The Bertz CT molecular complexity index is 837. The Hall–Kier alpha value is -2.64. The fourth-order valence-corrected chi connectivity index (χ4v) is 2.98. The van der Waals surface area contributed by atoms with Gasteiger partial charge in [0.05, 0.1) is 5.69 Å². The molecule has 122 valence electrons. The highest BCUT2D eigenvalue weighted by Crippen LogP contribution is 2.25. The van der Waals surface area contributed by atoms with E-state index in [1.54, 1.807) is 30.6 Å². The quantitative estimate of drug-likeness (QED) is 0.745. The van der Waals surface area contributed by atoms with Crippen molar-refractivity contribution < 1.29 is 9.18 Å². The number of halogens is 1. The van der Waals surface area contributed by atoms with Gasteiger partial charge >= 0.3 is 0 Å². The molecule has 0 aliphatic heterocycles. The monoisotopic (exact) mass is 342 g/mol. The van der Waals surface area contributed by atoms with E-state index in [0.717, 1.165) is 11.3 Å². The van der Waals surface area contributed by atoms with E-state index in [4.69, 9.17) is 5.73 Å². The van der Waals surface area contributed by atoms with Crippen LogP contribution >= 0.6 is 11.3 Å². The van der Waals surface area contributed by atoms with Crippen LogP contribution in [0.2, 0.25) is 0 Å². The maximum atomic E-state index is 13.7. The summed E-state index contributed by atoms with van der Waals surface area (Å²) in [5, 5.41) is 5.03. The molecule has 0 saturated heterocycles. The van der Waals surface area contributed by atoms with Crippen LogP contribution in [0.3, 0.4) is 0 Å². The summed E-state index contributed by atoms with van der Waals surface area (Å²) in [6.45, 7) is 0. The smallest absolute Gasteiger partial charge is 0.228 e. The van der Waals surface area contributed by atoms with E-state index in [9.17, 15) is 9.18 Å². The molecule has 1 atom stereocenters. The molecule has 7 heteroatoms. The van der Waals surface area contributed by atoms with Crippen molar-refractivity contribution in [3.8, 4) is 11.3 Å². The number of benzene rings is 1. The van der Waals surface area contributed by atoms with Crippen LogP contribution in [0.15, 0.2) is 54.2 Å². The highest BCUT2D eigenvalue weighted by atomic mass is 32.1. The van der Waals surface area contributed by atoms with Crippen LogP contribution in [0, 0.1) is 5.82 Å². The molecule has 0 saturated carbocycles. The third-order valence-electron chi connectivity index (χ3n) is 3.44. The predicted octanol–water partition coefficient (Wildman–Crippen LogP) is 3.37. The zero-order valence-electron chi connectivity index (χ0n) is 12.6. The Morgan fingerprint density at radius 1 is 1.25 bits per heavy atom.